The summed E-state index contributed by atoms with van der Waals surface area (Å²) in [5, 5.41) is 4.10. The number of anilines is 2. The lowest BCUT2D eigenvalue weighted by atomic mass is 9.94. The molecule has 10 nitrogen and oxygen atoms in total. The lowest BCUT2D eigenvalue weighted by Gasteiger charge is -2.35. The number of piperidine rings is 1. The number of hydrogen-bond donors (Lipinski definition) is 1. The largest absolute Gasteiger partial charge is 0.339 e. The Labute approximate surface area is 226 Å². The molecule has 12 heteroatoms. The summed E-state index contributed by atoms with van der Waals surface area (Å²) in [6, 6.07) is 3.56. The van der Waals surface area contributed by atoms with Crippen LogP contribution in [0.1, 0.15) is 61.3 Å². The Morgan fingerprint density at radius 1 is 1.10 bits per heavy atom. The van der Waals surface area contributed by atoms with Crippen molar-refractivity contribution in [3.8, 4) is 0 Å². The predicted octanol–water partition coefficient (Wildman–Crippen LogP) is 3.11. The molecule has 0 spiro atoms. The fraction of sp³-hybridized carbons (Fsp3) is 0.519. The molecule has 5 rings (SSSR count). The number of carbonyl (C=O) groups is 1. The highest BCUT2D eigenvalue weighted by molar-refractivity contribution is 5.93. The van der Waals surface area contributed by atoms with Crippen molar-refractivity contribution in [2.75, 3.05) is 43.0 Å². The molecule has 2 aliphatic heterocycles. The summed E-state index contributed by atoms with van der Waals surface area (Å²) in [7, 11) is 1.79. The van der Waals surface area contributed by atoms with Gasteiger partial charge in [-0.1, -0.05) is 25.9 Å². The number of amides is 1. The van der Waals surface area contributed by atoms with E-state index < -0.39 is 23.6 Å². The lowest BCUT2D eigenvalue weighted by molar-refractivity contribution is 0.0707. The van der Waals surface area contributed by atoms with Crippen LogP contribution in [0.3, 0.4) is 0 Å². The molecule has 2 fully saturated rings. The van der Waals surface area contributed by atoms with Crippen molar-refractivity contribution in [3.63, 3.8) is 0 Å². The fourth-order valence-electron chi connectivity index (χ4n) is 5.18. The van der Waals surface area contributed by atoms with Crippen LogP contribution in [0, 0.1) is 11.6 Å². The number of benzene rings is 1. The summed E-state index contributed by atoms with van der Waals surface area (Å²) in [5.74, 6) is -0.480. The Morgan fingerprint density at radius 2 is 1.79 bits per heavy atom. The van der Waals surface area contributed by atoms with Gasteiger partial charge in [-0.05, 0) is 36.6 Å². The van der Waals surface area contributed by atoms with Crippen molar-refractivity contribution in [3.05, 3.63) is 59.2 Å². The zero-order chi connectivity index (χ0) is 27.9. The second-order valence-electron chi connectivity index (χ2n) is 11.4. The van der Waals surface area contributed by atoms with Crippen molar-refractivity contribution in [1.29, 1.82) is 0 Å². The molecular formula is C27H34F2N8O2. The van der Waals surface area contributed by atoms with Crippen molar-refractivity contribution >= 4 is 17.9 Å². The standard InChI is InChI=1S/C27H34F2N8O2/c1-27(2,3)24-33-26(39-34-24)36-9-7-18(8-10-36)35(4)23(38)16-12-31-25(32-13-16)37-14-20(22(30)15-37)19-11-17(28)5-6-21(19)29/h5-6,11-13,18,20,22H,7-10,14-15,30H2,1-4H3. The van der Waals surface area contributed by atoms with Crippen molar-refractivity contribution in [2.24, 2.45) is 5.73 Å². The Morgan fingerprint density at radius 3 is 2.44 bits per heavy atom. The van der Waals surface area contributed by atoms with E-state index in [4.69, 9.17) is 10.3 Å². The highest BCUT2D eigenvalue weighted by Gasteiger charge is 2.35. The van der Waals surface area contributed by atoms with Gasteiger partial charge in [-0.2, -0.15) is 4.98 Å². The molecule has 0 aliphatic carbocycles. The molecule has 0 saturated carbocycles. The Hall–Kier alpha value is -3.67. The van der Waals surface area contributed by atoms with Crippen LogP contribution in [0.15, 0.2) is 35.1 Å². The van der Waals surface area contributed by atoms with E-state index in [1.807, 2.05) is 25.7 Å². The minimum Gasteiger partial charge on any atom is -0.339 e. The smallest absolute Gasteiger partial charge is 0.324 e. The first kappa shape index (κ1) is 26.9. The number of nitrogens with two attached hydrogens (primary N) is 1. The van der Waals surface area contributed by atoms with Gasteiger partial charge in [0.25, 0.3) is 5.91 Å². The molecule has 3 aromatic rings. The molecule has 208 valence electrons. The normalized spacial score (nSPS) is 20.5. The molecular weight excluding hydrogens is 506 g/mol. The molecule has 0 radical (unpaired) electrons. The van der Waals surface area contributed by atoms with E-state index in [0.717, 1.165) is 25.0 Å². The third-order valence-corrected chi connectivity index (χ3v) is 7.58. The predicted molar refractivity (Wildman–Crippen MR) is 142 cm³/mol. The van der Waals surface area contributed by atoms with Crippen LogP contribution in [-0.4, -0.2) is 76.2 Å². The molecule has 1 amide bonds. The first-order valence-corrected chi connectivity index (χ1v) is 13.1. The number of rotatable bonds is 5. The van der Waals surface area contributed by atoms with E-state index in [9.17, 15) is 13.6 Å². The van der Waals surface area contributed by atoms with Crippen LogP contribution in [-0.2, 0) is 5.41 Å². The van der Waals surface area contributed by atoms with E-state index >= 15 is 0 Å². The Balaban J connectivity index is 1.18. The molecule has 2 atom stereocenters. The zero-order valence-corrected chi connectivity index (χ0v) is 22.6. The molecule has 2 aliphatic rings. The molecule has 2 saturated heterocycles. The van der Waals surface area contributed by atoms with Crippen molar-refractivity contribution in [2.45, 2.75) is 57.0 Å². The van der Waals surface area contributed by atoms with E-state index in [-0.39, 0.29) is 22.9 Å². The third kappa shape index (κ3) is 5.56. The number of carbonyl (C=O) groups excluding carboxylic acids is 1. The van der Waals surface area contributed by atoms with Crippen LogP contribution in [0.5, 0.6) is 0 Å². The minimum atomic E-state index is -0.504. The van der Waals surface area contributed by atoms with Gasteiger partial charge in [-0.3, -0.25) is 4.79 Å². The maximum atomic E-state index is 14.3. The van der Waals surface area contributed by atoms with Gasteiger partial charge in [0.2, 0.25) is 5.95 Å². The zero-order valence-electron chi connectivity index (χ0n) is 22.6. The molecule has 4 heterocycles. The molecule has 2 unspecified atom stereocenters. The number of nitrogens with zero attached hydrogens (tertiary/aromatic N) is 7. The summed E-state index contributed by atoms with van der Waals surface area (Å²) >= 11 is 0. The highest BCUT2D eigenvalue weighted by Crippen LogP contribution is 2.31. The van der Waals surface area contributed by atoms with Gasteiger partial charge in [-0.15, -0.1) is 0 Å². The molecule has 1 aromatic carbocycles. The summed E-state index contributed by atoms with van der Waals surface area (Å²) in [6.45, 7) is 8.26. The maximum absolute atomic E-state index is 14.3. The van der Waals surface area contributed by atoms with Crippen LogP contribution in [0.4, 0.5) is 20.7 Å². The molecule has 0 bridgehead atoms. The second kappa shape index (κ2) is 10.5. The first-order valence-electron chi connectivity index (χ1n) is 13.1. The minimum absolute atomic E-state index is 0.0527. The number of hydrogen-bond acceptors (Lipinski definition) is 9. The van der Waals surface area contributed by atoms with Crippen LogP contribution in [0.25, 0.3) is 0 Å². The average molecular weight is 541 g/mol. The summed E-state index contributed by atoms with van der Waals surface area (Å²) in [6.07, 6.45) is 4.53. The quantitative estimate of drug-likeness (QED) is 0.521. The van der Waals surface area contributed by atoms with Gasteiger partial charge in [0, 0.05) is 69.0 Å². The monoisotopic (exact) mass is 540 g/mol. The van der Waals surface area contributed by atoms with E-state index in [0.29, 0.717) is 49.5 Å². The van der Waals surface area contributed by atoms with Gasteiger partial charge in [0.1, 0.15) is 11.6 Å². The molecule has 2 N–H and O–H groups in total. The maximum Gasteiger partial charge on any atom is 0.324 e. The van der Waals surface area contributed by atoms with Crippen molar-refractivity contribution < 1.29 is 18.1 Å². The lowest BCUT2D eigenvalue weighted by Crippen LogP contribution is -2.45. The number of halogens is 2. The van der Waals surface area contributed by atoms with Crippen LogP contribution < -0.4 is 15.5 Å². The third-order valence-electron chi connectivity index (χ3n) is 7.58. The summed E-state index contributed by atoms with van der Waals surface area (Å²) in [4.78, 5) is 32.1. The van der Waals surface area contributed by atoms with Crippen LogP contribution >= 0.6 is 0 Å². The average Bonchev–Trinajstić information content (AvgIpc) is 3.57. The number of aromatic nitrogens is 4. The second-order valence-corrected chi connectivity index (χ2v) is 11.4. The van der Waals surface area contributed by atoms with E-state index in [1.54, 1.807) is 11.9 Å². The van der Waals surface area contributed by atoms with Crippen LogP contribution in [0.2, 0.25) is 0 Å². The fourth-order valence-corrected chi connectivity index (χ4v) is 5.18. The van der Waals surface area contributed by atoms with Gasteiger partial charge in [0.05, 0.1) is 5.56 Å². The summed E-state index contributed by atoms with van der Waals surface area (Å²) in [5.41, 5.74) is 6.70. The SMILES string of the molecule is CN(C(=O)c1cnc(N2CC(N)C(c3cc(F)ccc3F)C2)nc1)C1CCN(c2nc(C(C)(C)C)no2)CC1. The Bertz CT molecular complexity index is 1320. The topological polar surface area (TPSA) is 118 Å². The first-order chi connectivity index (χ1) is 18.5. The highest BCUT2D eigenvalue weighted by atomic mass is 19.1. The van der Waals surface area contributed by atoms with Crippen molar-refractivity contribution in [1.82, 2.24) is 25.0 Å². The Kier molecular flexibility index (Phi) is 7.23. The van der Waals surface area contributed by atoms with E-state index in [2.05, 4.69) is 25.0 Å². The molecule has 39 heavy (non-hydrogen) atoms. The van der Waals surface area contributed by atoms with Gasteiger partial charge >= 0.3 is 6.01 Å². The van der Waals surface area contributed by atoms with E-state index in [1.165, 1.54) is 18.5 Å². The molecule has 2 aromatic heterocycles. The van der Waals surface area contributed by atoms with Gasteiger partial charge < -0.3 is 25.0 Å². The van der Waals surface area contributed by atoms with Gasteiger partial charge in [-0.25, -0.2) is 18.7 Å². The van der Waals surface area contributed by atoms with Gasteiger partial charge in [0.15, 0.2) is 5.82 Å². The summed E-state index contributed by atoms with van der Waals surface area (Å²) < 4.78 is 33.5.